The molecule has 6 heteroatoms. The molecule has 0 aromatic heterocycles. The van der Waals surface area contributed by atoms with E-state index in [4.69, 9.17) is 21.4 Å². The lowest BCUT2D eigenvalue weighted by Crippen LogP contribution is -2.33. The van der Waals surface area contributed by atoms with Crippen molar-refractivity contribution in [3.8, 4) is 11.5 Å². The fraction of sp³-hybridized carbons (Fsp3) is 0.115. The number of benzene rings is 4. The largest absolute Gasteiger partial charge is 0.507 e. The van der Waals surface area contributed by atoms with Crippen LogP contribution in [0.15, 0.2) is 88.4 Å². The van der Waals surface area contributed by atoms with Gasteiger partial charge in [0.25, 0.3) is 0 Å². The number of hydrogen-bond acceptors (Lipinski definition) is 4. The van der Waals surface area contributed by atoms with Gasteiger partial charge >= 0.3 is 0 Å². The van der Waals surface area contributed by atoms with Crippen LogP contribution in [-0.4, -0.2) is 15.8 Å². The van der Waals surface area contributed by atoms with Crippen LogP contribution in [0.4, 0.5) is 0 Å². The molecule has 0 fully saturated rings. The van der Waals surface area contributed by atoms with Gasteiger partial charge in [-0.05, 0) is 58.8 Å². The maximum absolute atomic E-state index is 10.6. The minimum atomic E-state index is -0.578. The van der Waals surface area contributed by atoms with Crippen molar-refractivity contribution in [1.29, 1.82) is 0 Å². The van der Waals surface area contributed by atoms with Crippen molar-refractivity contribution in [2.24, 2.45) is 5.10 Å². The lowest BCUT2D eigenvalue weighted by Gasteiger charge is -2.38. The minimum Gasteiger partial charge on any atom is -0.507 e. The Balaban J connectivity index is 1.48. The van der Waals surface area contributed by atoms with Crippen LogP contribution in [0.1, 0.15) is 35.4 Å². The Kier molecular flexibility index (Phi) is 4.63. The highest BCUT2D eigenvalue weighted by atomic mass is 79.9. The highest BCUT2D eigenvalue weighted by Gasteiger charge is 2.42. The summed E-state index contributed by atoms with van der Waals surface area (Å²) in [5, 5.41) is 20.4. The van der Waals surface area contributed by atoms with Crippen LogP contribution >= 0.6 is 27.5 Å². The molecule has 0 spiro atoms. The predicted molar refractivity (Wildman–Crippen MR) is 130 cm³/mol. The molecule has 6 rings (SSSR count). The summed E-state index contributed by atoms with van der Waals surface area (Å²) < 4.78 is 7.35. The van der Waals surface area contributed by atoms with Crippen LogP contribution < -0.4 is 4.74 Å². The maximum atomic E-state index is 10.6. The number of nitrogens with zero attached hydrogens (tertiary/aromatic N) is 2. The number of rotatable bonds is 2. The molecule has 0 amide bonds. The van der Waals surface area contributed by atoms with Crippen molar-refractivity contribution in [3.63, 3.8) is 0 Å². The summed E-state index contributed by atoms with van der Waals surface area (Å²) in [4.78, 5) is 0. The van der Waals surface area contributed by atoms with Crippen molar-refractivity contribution in [2.45, 2.75) is 18.7 Å². The second kappa shape index (κ2) is 7.54. The topological polar surface area (TPSA) is 45.1 Å². The zero-order chi connectivity index (χ0) is 21.8. The summed E-state index contributed by atoms with van der Waals surface area (Å²) in [5.74, 6) is 0.918. The van der Waals surface area contributed by atoms with E-state index in [0.29, 0.717) is 10.6 Å². The molecule has 4 aromatic carbocycles. The second-order valence-corrected chi connectivity index (χ2v) is 9.42. The molecule has 0 saturated carbocycles. The Morgan fingerprint density at radius 1 is 0.938 bits per heavy atom. The summed E-state index contributed by atoms with van der Waals surface area (Å²) in [5.41, 5.74) is 3.74. The summed E-state index contributed by atoms with van der Waals surface area (Å²) >= 11 is 9.84. The number of hydrazone groups is 1. The molecule has 2 atom stereocenters. The fourth-order valence-electron chi connectivity index (χ4n) is 4.53. The normalized spacial score (nSPS) is 19.3. The van der Waals surface area contributed by atoms with Crippen LogP contribution in [0.2, 0.25) is 5.02 Å². The first-order chi connectivity index (χ1) is 15.6. The van der Waals surface area contributed by atoms with E-state index in [-0.39, 0.29) is 11.8 Å². The van der Waals surface area contributed by atoms with Crippen LogP contribution in [0.25, 0.3) is 10.8 Å². The lowest BCUT2D eigenvalue weighted by molar-refractivity contribution is -0.0203. The maximum Gasteiger partial charge on any atom is 0.217 e. The van der Waals surface area contributed by atoms with Crippen molar-refractivity contribution < 1.29 is 9.84 Å². The molecule has 0 aliphatic carbocycles. The van der Waals surface area contributed by atoms with Gasteiger partial charge in [-0.25, -0.2) is 5.01 Å². The minimum absolute atomic E-state index is 0.0129. The van der Waals surface area contributed by atoms with Gasteiger partial charge in [-0.3, -0.25) is 0 Å². The molecule has 158 valence electrons. The molecule has 2 heterocycles. The molecular formula is C26H18BrClN2O2. The van der Waals surface area contributed by atoms with E-state index in [1.54, 1.807) is 18.2 Å². The predicted octanol–water partition coefficient (Wildman–Crippen LogP) is 7.20. The van der Waals surface area contributed by atoms with Crippen LogP contribution in [-0.2, 0) is 0 Å². The van der Waals surface area contributed by atoms with Crippen LogP contribution in [0, 0.1) is 0 Å². The molecule has 0 radical (unpaired) electrons. The van der Waals surface area contributed by atoms with Gasteiger partial charge < -0.3 is 9.84 Å². The molecule has 4 nitrogen and oxygen atoms in total. The Hall–Kier alpha value is -3.02. The van der Waals surface area contributed by atoms with E-state index >= 15 is 0 Å². The number of phenolic OH excluding ortho intramolecular Hbond substituents is 1. The average molecular weight is 506 g/mol. The SMILES string of the molecule is Oc1ccc(Cl)cc1C1Oc2ccc(Br)cc2C2CC(c3ccc4ccccc4c3)=NN21. The van der Waals surface area contributed by atoms with Gasteiger partial charge in [-0.1, -0.05) is 63.9 Å². The van der Waals surface area contributed by atoms with Gasteiger partial charge in [0.1, 0.15) is 11.5 Å². The van der Waals surface area contributed by atoms with E-state index < -0.39 is 6.23 Å². The summed E-state index contributed by atoms with van der Waals surface area (Å²) in [6, 6.07) is 25.7. The van der Waals surface area contributed by atoms with Crippen LogP contribution in [0.5, 0.6) is 11.5 Å². The lowest BCUT2D eigenvalue weighted by atomic mass is 9.95. The Bertz CT molecular complexity index is 1400. The molecule has 2 aliphatic heterocycles. The molecule has 0 saturated heterocycles. The van der Waals surface area contributed by atoms with Crippen molar-refractivity contribution >= 4 is 44.0 Å². The molecule has 1 N–H and O–H groups in total. The first-order valence-electron chi connectivity index (χ1n) is 10.4. The van der Waals surface area contributed by atoms with E-state index in [0.717, 1.165) is 33.5 Å². The first kappa shape index (κ1) is 19.6. The molecule has 0 bridgehead atoms. The number of aromatic hydroxyl groups is 1. The van der Waals surface area contributed by atoms with Gasteiger partial charge in [-0.2, -0.15) is 5.10 Å². The number of ether oxygens (including phenoxy) is 1. The van der Waals surface area contributed by atoms with E-state index in [1.165, 1.54) is 10.8 Å². The third-order valence-corrected chi connectivity index (χ3v) is 6.82. The Morgan fingerprint density at radius 2 is 1.78 bits per heavy atom. The Labute approximate surface area is 198 Å². The number of halogens is 2. The highest BCUT2D eigenvalue weighted by molar-refractivity contribution is 9.10. The van der Waals surface area contributed by atoms with Crippen molar-refractivity contribution in [3.05, 3.63) is 105 Å². The third-order valence-electron chi connectivity index (χ3n) is 6.09. The molecule has 2 unspecified atom stereocenters. The van der Waals surface area contributed by atoms with E-state index in [9.17, 15) is 5.11 Å². The zero-order valence-corrected chi connectivity index (χ0v) is 19.2. The van der Waals surface area contributed by atoms with E-state index in [2.05, 4.69) is 52.3 Å². The third kappa shape index (κ3) is 3.24. The van der Waals surface area contributed by atoms with Gasteiger partial charge in [0.2, 0.25) is 6.23 Å². The molecular weight excluding hydrogens is 488 g/mol. The van der Waals surface area contributed by atoms with Crippen molar-refractivity contribution in [1.82, 2.24) is 5.01 Å². The van der Waals surface area contributed by atoms with Crippen LogP contribution in [0.3, 0.4) is 0 Å². The monoisotopic (exact) mass is 504 g/mol. The zero-order valence-electron chi connectivity index (χ0n) is 16.9. The summed E-state index contributed by atoms with van der Waals surface area (Å²) in [6.07, 6.45) is 0.161. The first-order valence-corrected chi connectivity index (χ1v) is 11.5. The Morgan fingerprint density at radius 3 is 2.66 bits per heavy atom. The smallest absolute Gasteiger partial charge is 0.217 e. The summed E-state index contributed by atoms with van der Waals surface area (Å²) in [6.45, 7) is 0. The molecule has 4 aromatic rings. The highest BCUT2D eigenvalue weighted by Crippen LogP contribution is 2.49. The number of hydrogen-bond donors (Lipinski definition) is 1. The van der Waals surface area contributed by atoms with Gasteiger partial charge in [0.05, 0.1) is 17.3 Å². The van der Waals surface area contributed by atoms with Gasteiger partial charge in [-0.15, -0.1) is 0 Å². The second-order valence-electron chi connectivity index (χ2n) is 8.06. The molecule has 32 heavy (non-hydrogen) atoms. The fourth-order valence-corrected chi connectivity index (χ4v) is 5.09. The average Bonchev–Trinajstić information content (AvgIpc) is 3.26. The summed E-state index contributed by atoms with van der Waals surface area (Å²) in [7, 11) is 0. The number of fused-ring (bicyclic) bond motifs is 4. The van der Waals surface area contributed by atoms with Gasteiger partial charge in [0.15, 0.2) is 0 Å². The standard InChI is InChI=1S/C26H18BrClN2O2/c27-18-7-10-25-20(12-18)23-14-22(17-6-5-15-3-1-2-4-16(15)11-17)29-30(23)26(32-25)21-13-19(28)8-9-24(21)31/h1-13,23,26,31H,14H2. The van der Waals surface area contributed by atoms with Gasteiger partial charge in [0, 0.05) is 21.5 Å². The molecule has 2 aliphatic rings. The quantitative estimate of drug-likeness (QED) is 0.313. The van der Waals surface area contributed by atoms with E-state index in [1.807, 2.05) is 29.3 Å². The number of phenols is 1. The van der Waals surface area contributed by atoms with Crippen molar-refractivity contribution in [2.75, 3.05) is 0 Å².